The maximum absolute atomic E-state index is 12.3. The van der Waals surface area contributed by atoms with E-state index in [2.05, 4.69) is 26.8 Å². The van der Waals surface area contributed by atoms with Crippen LogP contribution in [0.4, 0.5) is 16.2 Å². The van der Waals surface area contributed by atoms with Gasteiger partial charge in [0, 0.05) is 17.2 Å². The average Bonchev–Trinajstić information content (AvgIpc) is 2.88. The van der Waals surface area contributed by atoms with Crippen molar-refractivity contribution in [1.29, 1.82) is 0 Å². The number of anilines is 1. The maximum Gasteiger partial charge on any atom is 0.319 e. The molecule has 2 amide bonds. The fraction of sp³-hybridized carbons (Fsp3) is 0.400. The molecule has 0 aromatic heterocycles. The molecule has 5 nitrogen and oxygen atoms in total. The van der Waals surface area contributed by atoms with Crippen LogP contribution in [0.1, 0.15) is 19.8 Å². The molecule has 0 aliphatic carbocycles. The maximum atomic E-state index is 12.3. The summed E-state index contributed by atoms with van der Waals surface area (Å²) in [5, 5.41) is 5.32. The van der Waals surface area contributed by atoms with Crippen molar-refractivity contribution in [2.75, 3.05) is 23.4 Å². The van der Waals surface area contributed by atoms with E-state index < -0.39 is 9.73 Å². The molecule has 1 aliphatic rings. The molecule has 1 saturated heterocycles. The van der Waals surface area contributed by atoms with E-state index in [4.69, 9.17) is 0 Å². The lowest BCUT2D eigenvalue weighted by molar-refractivity contribution is 0.253. The molecule has 1 aromatic rings. The molecule has 1 heterocycles. The first-order chi connectivity index (χ1) is 10.1. The van der Waals surface area contributed by atoms with Crippen molar-refractivity contribution >= 4 is 27.1 Å². The Balaban J connectivity index is 1.97. The zero-order valence-electron chi connectivity index (χ0n) is 12.0. The number of carbonyl (C=O) groups excluding carboxylic acids is 1. The number of hydrogen-bond acceptors (Lipinski definition) is 3. The average molecular weight is 305 g/mol. The summed E-state index contributed by atoms with van der Waals surface area (Å²) in [6, 6.07) is 6.74. The van der Waals surface area contributed by atoms with Gasteiger partial charge in [-0.1, -0.05) is 5.92 Å². The molecule has 0 spiro atoms. The molecular formula is C15H19N3O2S. The quantitative estimate of drug-likeness (QED) is 0.843. The molecule has 1 aromatic carbocycles. The van der Waals surface area contributed by atoms with E-state index in [1.807, 2.05) is 0 Å². The lowest BCUT2D eigenvalue weighted by atomic mass is 10.3. The number of rotatable bonds is 3. The molecule has 0 atom stereocenters. The summed E-state index contributed by atoms with van der Waals surface area (Å²) in [6.45, 7) is 2.04. The van der Waals surface area contributed by atoms with E-state index in [1.165, 1.54) is 0 Å². The minimum Gasteiger partial charge on any atom is -0.327 e. The van der Waals surface area contributed by atoms with Crippen LogP contribution in [-0.2, 0) is 9.73 Å². The molecule has 21 heavy (non-hydrogen) atoms. The van der Waals surface area contributed by atoms with Gasteiger partial charge < -0.3 is 10.6 Å². The van der Waals surface area contributed by atoms with E-state index in [0.717, 1.165) is 12.8 Å². The number of amides is 2. The molecule has 112 valence electrons. The molecule has 1 aliphatic heterocycles. The smallest absolute Gasteiger partial charge is 0.319 e. The van der Waals surface area contributed by atoms with Gasteiger partial charge in [-0.2, -0.15) is 4.36 Å². The highest BCUT2D eigenvalue weighted by Gasteiger charge is 2.16. The van der Waals surface area contributed by atoms with Crippen molar-refractivity contribution in [2.24, 2.45) is 4.36 Å². The van der Waals surface area contributed by atoms with Gasteiger partial charge in [-0.05, 0) is 44.0 Å². The first-order valence-corrected chi connectivity index (χ1v) is 8.74. The summed E-state index contributed by atoms with van der Waals surface area (Å²) >= 11 is 0. The third kappa shape index (κ3) is 4.80. The van der Waals surface area contributed by atoms with Gasteiger partial charge in [-0.25, -0.2) is 9.00 Å². The van der Waals surface area contributed by atoms with Crippen LogP contribution in [0, 0.1) is 11.8 Å². The number of nitrogens with one attached hydrogen (secondary N) is 2. The molecule has 2 N–H and O–H groups in total. The summed E-state index contributed by atoms with van der Waals surface area (Å²) < 4.78 is 16.7. The van der Waals surface area contributed by atoms with Crippen molar-refractivity contribution in [3.63, 3.8) is 0 Å². The fourth-order valence-corrected chi connectivity index (χ4v) is 4.24. The molecule has 0 unspecified atom stereocenters. The minimum atomic E-state index is -2.05. The molecule has 6 heteroatoms. The Bertz CT molecular complexity index is 665. The zero-order valence-corrected chi connectivity index (χ0v) is 12.8. The van der Waals surface area contributed by atoms with Crippen molar-refractivity contribution in [1.82, 2.24) is 5.32 Å². The molecule has 1 fully saturated rings. The lowest BCUT2D eigenvalue weighted by Crippen LogP contribution is -2.28. The molecule has 2 rings (SSSR count). The fourth-order valence-electron chi connectivity index (χ4n) is 2.03. The number of benzene rings is 1. The van der Waals surface area contributed by atoms with Gasteiger partial charge in [0.1, 0.15) is 0 Å². The first-order valence-electron chi connectivity index (χ1n) is 6.88. The van der Waals surface area contributed by atoms with Crippen LogP contribution in [0.2, 0.25) is 0 Å². The van der Waals surface area contributed by atoms with Gasteiger partial charge in [0.2, 0.25) is 0 Å². The molecule has 0 saturated carbocycles. The SMILES string of the molecule is CC#CCNC(=O)Nc1ccc(N=S2(=O)CCCC2)cc1. The number of urea groups is 1. The molecular weight excluding hydrogens is 286 g/mol. The number of hydrogen-bond donors (Lipinski definition) is 2. The van der Waals surface area contributed by atoms with E-state index in [0.29, 0.717) is 29.4 Å². The third-order valence-corrected chi connectivity index (χ3v) is 5.48. The van der Waals surface area contributed by atoms with Gasteiger partial charge in [-0.15, -0.1) is 5.92 Å². The highest BCUT2D eigenvalue weighted by Crippen LogP contribution is 2.22. The van der Waals surface area contributed by atoms with Crippen molar-refractivity contribution in [3.8, 4) is 11.8 Å². The zero-order chi connectivity index (χ0) is 15.1. The number of nitrogens with zero attached hydrogens (tertiary/aromatic N) is 1. The van der Waals surface area contributed by atoms with Crippen molar-refractivity contribution in [2.45, 2.75) is 19.8 Å². The Hall–Kier alpha value is -2.00. The minimum absolute atomic E-state index is 0.302. The van der Waals surface area contributed by atoms with Crippen LogP contribution in [0.25, 0.3) is 0 Å². The molecule has 0 bridgehead atoms. The topological polar surface area (TPSA) is 70.6 Å². The van der Waals surface area contributed by atoms with Gasteiger partial charge >= 0.3 is 6.03 Å². The van der Waals surface area contributed by atoms with Crippen LogP contribution in [0.5, 0.6) is 0 Å². The Morgan fingerprint density at radius 3 is 2.57 bits per heavy atom. The largest absolute Gasteiger partial charge is 0.327 e. The lowest BCUT2D eigenvalue weighted by Gasteiger charge is -2.06. The van der Waals surface area contributed by atoms with E-state index in [9.17, 15) is 9.00 Å². The van der Waals surface area contributed by atoms with Crippen LogP contribution in [0.3, 0.4) is 0 Å². The predicted molar refractivity (Wildman–Crippen MR) is 86.1 cm³/mol. The standard InChI is InChI=1S/C15H19N3O2S/c1-2-3-10-16-15(19)17-13-6-8-14(9-7-13)18-21(20)11-4-5-12-21/h6-9H,4-5,10-12H2,1H3,(H2,16,17,19). The second-order valence-electron chi connectivity index (χ2n) is 4.76. The highest BCUT2D eigenvalue weighted by molar-refractivity contribution is 7.93. The Labute approximate surface area is 125 Å². The van der Waals surface area contributed by atoms with E-state index >= 15 is 0 Å². The van der Waals surface area contributed by atoms with Gasteiger partial charge in [0.15, 0.2) is 0 Å². The summed E-state index contributed by atoms with van der Waals surface area (Å²) in [5.74, 6) is 6.83. The summed E-state index contributed by atoms with van der Waals surface area (Å²) in [7, 11) is -2.05. The highest BCUT2D eigenvalue weighted by atomic mass is 32.2. The monoisotopic (exact) mass is 305 g/mol. The first kappa shape index (κ1) is 15.4. The summed E-state index contributed by atoms with van der Waals surface area (Å²) in [6.07, 6.45) is 1.98. The molecule has 0 radical (unpaired) electrons. The van der Waals surface area contributed by atoms with Crippen molar-refractivity contribution in [3.05, 3.63) is 24.3 Å². The van der Waals surface area contributed by atoms with Crippen molar-refractivity contribution < 1.29 is 9.00 Å². The van der Waals surface area contributed by atoms with E-state index in [-0.39, 0.29) is 6.03 Å². The predicted octanol–water partition coefficient (Wildman–Crippen LogP) is 2.72. The summed E-state index contributed by atoms with van der Waals surface area (Å²) in [4.78, 5) is 11.5. The Morgan fingerprint density at radius 2 is 1.95 bits per heavy atom. The van der Waals surface area contributed by atoms with E-state index in [1.54, 1.807) is 31.2 Å². The third-order valence-electron chi connectivity index (χ3n) is 3.09. The second-order valence-corrected chi connectivity index (χ2v) is 7.30. The van der Waals surface area contributed by atoms with Crippen LogP contribution < -0.4 is 10.6 Å². The van der Waals surface area contributed by atoms with Gasteiger partial charge in [-0.3, -0.25) is 0 Å². The normalized spacial score (nSPS) is 15.7. The summed E-state index contributed by atoms with van der Waals surface area (Å²) in [5.41, 5.74) is 1.36. The Morgan fingerprint density at radius 1 is 1.29 bits per heavy atom. The van der Waals surface area contributed by atoms with Crippen LogP contribution in [-0.4, -0.2) is 28.3 Å². The van der Waals surface area contributed by atoms with Crippen LogP contribution in [0.15, 0.2) is 28.6 Å². The van der Waals surface area contributed by atoms with Gasteiger partial charge in [0.05, 0.1) is 22.0 Å². The Kier molecular flexibility index (Phi) is 5.23. The number of carbonyl (C=O) groups is 1. The second kappa shape index (κ2) is 7.14. The van der Waals surface area contributed by atoms with Gasteiger partial charge in [0.25, 0.3) is 0 Å². The van der Waals surface area contributed by atoms with Crippen LogP contribution >= 0.6 is 0 Å².